The molecule has 2 rings (SSSR count). The fourth-order valence-electron chi connectivity index (χ4n) is 3.46. The highest BCUT2D eigenvalue weighted by molar-refractivity contribution is 6.08. The quantitative estimate of drug-likeness (QED) is 0.513. The van der Waals surface area contributed by atoms with E-state index in [1.54, 1.807) is 32.9 Å². The van der Waals surface area contributed by atoms with Crippen LogP contribution in [0.15, 0.2) is 24.3 Å². The maximum Gasteiger partial charge on any atom is 0.417 e. The number of hydrogen-bond acceptors (Lipinski definition) is 9. The van der Waals surface area contributed by atoms with E-state index in [1.807, 2.05) is 0 Å². The Kier molecular flexibility index (Phi) is 7.04. The van der Waals surface area contributed by atoms with Crippen molar-refractivity contribution in [2.75, 3.05) is 21.3 Å². The number of carbonyl (C=O) groups is 5. The van der Waals surface area contributed by atoms with Crippen molar-refractivity contribution in [3.05, 3.63) is 35.4 Å². The minimum Gasteiger partial charge on any atom is -0.469 e. The number of benzene rings is 1. The van der Waals surface area contributed by atoms with Gasteiger partial charge in [0.25, 0.3) is 0 Å². The lowest BCUT2D eigenvalue weighted by atomic mass is 9.82. The summed E-state index contributed by atoms with van der Waals surface area (Å²) in [5, 5.41) is 0. The van der Waals surface area contributed by atoms with Crippen LogP contribution in [0.25, 0.3) is 0 Å². The van der Waals surface area contributed by atoms with Gasteiger partial charge in [0, 0.05) is 0 Å². The van der Waals surface area contributed by atoms with Crippen LogP contribution in [-0.2, 0) is 33.3 Å². The second-order valence-corrected chi connectivity index (χ2v) is 7.76. The summed E-state index contributed by atoms with van der Waals surface area (Å²) in [7, 11) is 3.31. The molecule has 1 fully saturated rings. The Hall–Kier alpha value is -3.43. The van der Waals surface area contributed by atoms with Gasteiger partial charge >= 0.3 is 24.0 Å². The number of likely N-dealkylation sites (tertiary alicyclic amines) is 1. The van der Waals surface area contributed by atoms with E-state index < -0.39 is 53.4 Å². The van der Waals surface area contributed by atoms with E-state index in [1.165, 1.54) is 12.1 Å². The molecule has 31 heavy (non-hydrogen) atoms. The summed E-state index contributed by atoms with van der Waals surface area (Å²) in [4.78, 5) is 64.4. The molecule has 0 saturated carbocycles. The van der Waals surface area contributed by atoms with Gasteiger partial charge in [0.2, 0.25) is 5.91 Å². The normalized spacial score (nSPS) is 20.8. The Morgan fingerprint density at radius 1 is 0.903 bits per heavy atom. The SMILES string of the molecule is COC(=O)c1ccccc1[C@@H]1C(=O)N(C(=O)OC(C)(C)C)[C@@H](C(=O)OC)[C@@H]1C(=O)OC. The maximum atomic E-state index is 13.4. The third-order valence-corrected chi connectivity index (χ3v) is 4.69. The topological polar surface area (TPSA) is 126 Å². The summed E-state index contributed by atoms with van der Waals surface area (Å²) < 4.78 is 19.6. The largest absolute Gasteiger partial charge is 0.469 e. The van der Waals surface area contributed by atoms with Crippen molar-refractivity contribution in [2.45, 2.75) is 38.3 Å². The molecule has 0 unspecified atom stereocenters. The Morgan fingerprint density at radius 3 is 2.00 bits per heavy atom. The molecular weight excluding hydrogens is 410 g/mol. The third kappa shape index (κ3) is 4.68. The zero-order chi connectivity index (χ0) is 23.5. The van der Waals surface area contributed by atoms with Crippen molar-refractivity contribution in [3.63, 3.8) is 0 Å². The lowest BCUT2D eigenvalue weighted by Crippen LogP contribution is -2.48. The Labute approximate surface area is 179 Å². The first-order valence-electron chi connectivity index (χ1n) is 9.37. The summed E-state index contributed by atoms with van der Waals surface area (Å²) in [6, 6.07) is 4.30. The van der Waals surface area contributed by atoms with E-state index in [9.17, 15) is 24.0 Å². The molecule has 10 nitrogen and oxygen atoms in total. The average molecular weight is 435 g/mol. The minimum absolute atomic E-state index is 0.00640. The van der Waals surface area contributed by atoms with E-state index >= 15 is 0 Å². The molecule has 0 N–H and O–H groups in total. The molecule has 0 bridgehead atoms. The number of nitrogens with zero attached hydrogens (tertiary/aromatic N) is 1. The van der Waals surface area contributed by atoms with E-state index in [0.717, 1.165) is 21.3 Å². The van der Waals surface area contributed by atoms with E-state index in [2.05, 4.69) is 0 Å². The van der Waals surface area contributed by atoms with Crippen LogP contribution >= 0.6 is 0 Å². The standard InChI is InChI=1S/C21H25NO9/c1-21(2,3)31-20(27)22-15(19(26)30-6)14(18(25)29-5)13(16(22)23)11-9-7-8-10-12(11)17(24)28-4/h7-10,13-15H,1-6H3/t13-,14+,15+/m0/s1. The van der Waals surface area contributed by atoms with Crippen LogP contribution in [0.3, 0.4) is 0 Å². The van der Waals surface area contributed by atoms with Crippen LogP contribution in [0.1, 0.15) is 42.6 Å². The first kappa shape index (κ1) is 23.8. The minimum atomic E-state index is -1.64. The number of imide groups is 1. The first-order chi connectivity index (χ1) is 14.5. The summed E-state index contributed by atoms with van der Waals surface area (Å²) in [6.45, 7) is 4.75. The van der Waals surface area contributed by atoms with Crippen molar-refractivity contribution < 1.29 is 42.9 Å². The lowest BCUT2D eigenvalue weighted by Gasteiger charge is -2.27. The molecule has 0 aromatic heterocycles. The monoisotopic (exact) mass is 435 g/mol. The van der Waals surface area contributed by atoms with Crippen LogP contribution in [-0.4, -0.2) is 67.8 Å². The van der Waals surface area contributed by atoms with Gasteiger partial charge in [0.1, 0.15) is 11.5 Å². The molecule has 0 spiro atoms. The molecule has 1 aromatic rings. The van der Waals surface area contributed by atoms with Crippen molar-refractivity contribution in [1.29, 1.82) is 0 Å². The molecule has 3 atom stereocenters. The molecule has 0 radical (unpaired) electrons. The third-order valence-electron chi connectivity index (χ3n) is 4.69. The van der Waals surface area contributed by atoms with Crippen LogP contribution in [0, 0.1) is 5.92 Å². The van der Waals surface area contributed by atoms with Gasteiger partial charge < -0.3 is 18.9 Å². The summed E-state index contributed by atoms with van der Waals surface area (Å²) in [6.07, 6.45) is -1.13. The first-order valence-corrected chi connectivity index (χ1v) is 9.37. The number of ether oxygens (including phenoxy) is 4. The molecule has 168 valence electrons. The van der Waals surface area contributed by atoms with Gasteiger partial charge in [-0.15, -0.1) is 0 Å². The van der Waals surface area contributed by atoms with Gasteiger partial charge in [0.05, 0.1) is 32.8 Å². The Bertz CT molecular complexity index is 902. The molecule has 1 saturated heterocycles. The van der Waals surface area contributed by atoms with Crippen LogP contribution in [0.4, 0.5) is 4.79 Å². The highest BCUT2D eigenvalue weighted by Crippen LogP contribution is 2.42. The summed E-state index contributed by atoms with van der Waals surface area (Å²) in [5.74, 6) is -6.46. The van der Waals surface area contributed by atoms with Gasteiger partial charge in [0.15, 0.2) is 6.04 Å². The Morgan fingerprint density at radius 2 is 1.48 bits per heavy atom. The number of esters is 3. The second-order valence-electron chi connectivity index (χ2n) is 7.76. The zero-order valence-corrected chi connectivity index (χ0v) is 18.2. The van der Waals surface area contributed by atoms with Crippen molar-refractivity contribution >= 4 is 29.9 Å². The number of amides is 2. The van der Waals surface area contributed by atoms with Gasteiger partial charge in [-0.05, 0) is 32.4 Å². The molecule has 10 heteroatoms. The molecule has 1 aliphatic rings. The average Bonchev–Trinajstić information content (AvgIpc) is 3.03. The van der Waals surface area contributed by atoms with Crippen molar-refractivity contribution in [2.24, 2.45) is 5.92 Å². The number of rotatable bonds is 4. The highest BCUT2D eigenvalue weighted by atomic mass is 16.6. The Balaban J connectivity index is 2.72. The highest BCUT2D eigenvalue weighted by Gasteiger charge is 2.60. The fraction of sp³-hybridized carbons (Fsp3) is 0.476. The van der Waals surface area contributed by atoms with E-state index in [-0.39, 0.29) is 11.1 Å². The lowest BCUT2D eigenvalue weighted by molar-refractivity contribution is -0.156. The molecular formula is C21H25NO9. The zero-order valence-electron chi connectivity index (χ0n) is 18.2. The van der Waals surface area contributed by atoms with Gasteiger partial charge in [-0.1, -0.05) is 18.2 Å². The van der Waals surface area contributed by atoms with Gasteiger partial charge in [-0.2, -0.15) is 0 Å². The predicted molar refractivity (Wildman–Crippen MR) is 105 cm³/mol. The molecule has 1 heterocycles. The van der Waals surface area contributed by atoms with Crippen molar-refractivity contribution in [1.82, 2.24) is 4.90 Å². The number of hydrogen-bond donors (Lipinski definition) is 0. The van der Waals surface area contributed by atoms with Gasteiger partial charge in [-0.3, -0.25) is 9.59 Å². The predicted octanol–water partition coefficient (Wildman–Crippen LogP) is 1.66. The summed E-state index contributed by atoms with van der Waals surface area (Å²) in [5.41, 5.74) is -0.873. The molecule has 1 aromatic carbocycles. The molecule has 2 amide bonds. The maximum absolute atomic E-state index is 13.4. The van der Waals surface area contributed by atoms with Crippen LogP contribution < -0.4 is 0 Å². The fourth-order valence-corrected chi connectivity index (χ4v) is 3.46. The van der Waals surface area contributed by atoms with Crippen LogP contribution in [0.2, 0.25) is 0 Å². The molecule has 0 aliphatic carbocycles. The van der Waals surface area contributed by atoms with E-state index in [4.69, 9.17) is 18.9 Å². The van der Waals surface area contributed by atoms with Crippen molar-refractivity contribution in [3.8, 4) is 0 Å². The number of carbonyl (C=O) groups excluding carboxylic acids is 5. The second kappa shape index (κ2) is 9.15. The van der Waals surface area contributed by atoms with E-state index in [0.29, 0.717) is 4.90 Å². The summed E-state index contributed by atoms with van der Waals surface area (Å²) >= 11 is 0. The van der Waals surface area contributed by atoms with Crippen LogP contribution in [0.5, 0.6) is 0 Å². The number of methoxy groups -OCH3 is 3. The smallest absolute Gasteiger partial charge is 0.417 e. The molecule has 1 aliphatic heterocycles. The van der Waals surface area contributed by atoms with Gasteiger partial charge in [-0.25, -0.2) is 19.3 Å².